The largest absolute Gasteiger partial charge is 0.385 e. The van der Waals surface area contributed by atoms with Crippen LogP contribution in [0.15, 0.2) is 18.5 Å². The van der Waals surface area contributed by atoms with Crippen LogP contribution in [0.1, 0.15) is 12.8 Å². The van der Waals surface area contributed by atoms with Crippen molar-refractivity contribution in [1.82, 2.24) is 19.6 Å². The summed E-state index contributed by atoms with van der Waals surface area (Å²) >= 11 is 0. The number of fused-ring (bicyclic) bond motifs is 1. The number of hydrogen-bond donors (Lipinski definition) is 0. The van der Waals surface area contributed by atoms with Gasteiger partial charge in [-0.3, -0.25) is 14.4 Å². The highest BCUT2D eigenvalue weighted by Crippen LogP contribution is 2.23. The van der Waals surface area contributed by atoms with Gasteiger partial charge in [0, 0.05) is 65.3 Å². The molecule has 2 saturated heterocycles. The molecule has 0 saturated carbocycles. The molecule has 1 aromatic heterocycles. The molecule has 2 aliphatic heterocycles. The van der Waals surface area contributed by atoms with E-state index in [1.54, 1.807) is 18.0 Å². The van der Waals surface area contributed by atoms with Gasteiger partial charge in [-0.15, -0.1) is 0 Å². The average Bonchev–Trinajstić information content (AvgIpc) is 3.22. The van der Waals surface area contributed by atoms with Crippen LogP contribution in [-0.2, 0) is 20.8 Å². The minimum absolute atomic E-state index is 0.153. The van der Waals surface area contributed by atoms with E-state index in [0.29, 0.717) is 25.6 Å². The molecule has 0 aliphatic carbocycles. The number of nitrogens with zero attached hydrogens (tertiary/aromatic N) is 4. The molecule has 128 valence electrons. The van der Waals surface area contributed by atoms with Gasteiger partial charge in [-0.2, -0.15) is 5.10 Å². The molecule has 1 amide bonds. The first-order valence-corrected chi connectivity index (χ1v) is 8.37. The highest BCUT2D eigenvalue weighted by molar-refractivity contribution is 5.76. The van der Waals surface area contributed by atoms with Gasteiger partial charge in [-0.25, -0.2) is 0 Å². The number of hydrogen-bond acceptors (Lipinski definition) is 5. The van der Waals surface area contributed by atoms with E-state index in [-0.39, 0.29) is 12.0 Å². The zero-order valence-electron chi connectivity index (χ0n) is 13.8. The maximum Gasteiger partial charge on any atom is 0.224 e. The van der Waals surface area contributed by atoms with Crippen LogP contribution in [0.4, 0.5) is 0 Å². The minimum atomic E-state index is 0.153. The first-order chi connectivity index (χ1) is 11.3. The molecule has 2 fully saturated rings. The molecule has 0 radical (unpaired) electrons. The maximum absolute atomic E-state index is 12.4. The lowest BCUT2D eigenvalue weighted by molar-refractivity contribution is -0.130. The van der Waals surface area contributed by atoms with E-state index in [4.69, 9.17) is 9.47 Å². The number of carbonyl (C=O) groups excluding carboxylic acids is 1. The Morgan fingerprint density at radius 2 is 2.30 bits per heavy atom. The minimum Gasteiger partial charge on any atom is -0.385 e. The molecule has 23 heavy (non-hydrogen) atoms. The van der Waals surface area contributed by atoms with Crippen LogP contribution < -0.4 is 0 Å². The van der Waals surface area contributed by atoms with Crippen LogP contribution in [-0.4, -0.2) is 84.1 Å². The molecule has 2 atom stereocenters. The SMILES string of the molecule is COCCCN1CCO[C@H]2CN(C(=O)CCn3cccn3)C[C@@H]21. The fourth-order valence-electron chi connectivity index (χ4n) is 3.45. The zero-order chi connectivity index (χ0) is 16.1. The number of amides is 1. The van der Waals surface area contributed by atoms with E-state index in [1.165, 1.54) is 0 Å². The van der Waals surface area contributed by atoms with Gasteiger partial charge >= 0.3 is 0 Å². The number of ether oxygens (including phenoxy) is 2. The predicted molar refractivity (Wildman–Crippen MR) is 85.0 cm³/mol. The summed E-state index contributed by atoms with van der Waals surface area (Å²) in [5.74, 6) is 0.190. The Balaban J connectivity index is 1.50. The van der Waals surface area contributed by atoms with E-state index in [0.717, 1.165) is 39.3 Å². The molecule has 7 heteroatoms. The Kier molecular flexibility index (Phi) is 5.64. The van der Waals surface area contributed by atoms with Gasteiger partial charge < -0.3 is 14.4 Å². The van der Waals surface area contributed by atoms with Gasteiger partial charge in [0.05, 0.1) is 18.8 Å². The Hall–Kier alpha value is -1.44. The number of rotatable bonds is 7. The second-order valence-electron chi connectivity index (χ2n) is 6.18. The van der Waals surface area contributed by atoms with Crippen molar-refractivity contribution in [2.75, 3.05) is 46.5 Å². The molecule has 3 rings (SSSR count). The molecule has 0 N–H and O–H groups in total. The third kappa shape index (κ3) is 4.10. The number of carbonyl (C=O) groups is 1. The van der Waals surface area contributed by atoms with Crippen molar-refractivity contribution in [3.63, 3.8) is 0 Å². The molecule has 0 unspecified atom stereocenters. The lowest BCUT2D eigenvalue weighted by Gasteiger charge is -2.36. The molecule has 0 bridgehead atoms. The number of morpholine rings is 1. The second-order valence-corrected chi connectivity index (χ2v) is 6.18. The van der Waals surface area contributed by atoms with Crippen molar-refractivity contribution >= 4 is 5.91 Å². The normalized spacial score (nSPS) is 24.8. The van der Waals surface area contributed by atoms with Crippen LogP contribution >= 0.6 is 0 Å². The summed E-state index contributed by atoms with van der Waals surface area (Å²) in [6, 6.07) is 2.20. The predicted octanol–water partition coefficient (Wildman–Crippen LogP) is 0.221. The molecule has 1 aromatic rings. The number of aromatic nitrogens is 2. The lowest BCUT2D eigenvalue weighted by atomic mass is 10.1. The van der Waals surface area contributed by atoms with Gasteiger partial charge in [-0.05, 0) is 12.5 Å². The van der Waals surface area contributed by atoms with Crippen molar-refractivity contribution in [3.8, 4) is 0 Å². The average molecular weight is 322 g/mol. The standard InChI is InChI=1S/C16H26N4O3/c1-22-10-3-6-18-9-11-23-15-13-19(12-14(15)18)16(21)4-8-20-7-2-5-17-20/h2,5,7,14-15H,3-4,6,8-13H2,1H3/t14-,15-/m0/s1. The van der Waals surface area contributed by atoms with Crippen molar-refractivity contribution < 1.29 is 14.3 Å². The summed E-state index contributed by atoms with van der Waals surface area (Å²) in [4.78, 5) is 16.8. The highest BCUT2D eigenvalue weighted by Gasteiger charge is 2.41. The summed E-state index contributed by atoms with van der Waals surface area (Å²) in [5.41, 5.74) is 0. The molecular weight excluding hydrogens is 296 g/mol. The van der Waals surface area contributed by atoms with Crippen molar-refractivity contribution in [2.45, 2.75) is 31.5 Å². The topological polar surface area (TPSA) is 59.8 Å². The lowest BCUT2D eigenvalue weighted by Crippen LogP contribution is -2.51. The first-order valence-electron chi connectivity index (χ1n) is 8.37. The van der Waals surface area contributed by atoms with E-state index in [9.17, 15) is 4.79 Å². The Morgan fingerprint density at radius 3 is 3.09 bits per heavy atom. The maximum atomic E-state index is 12.4. The third-order valence-electron chi connectivity index (χ3n) is 4.68. The highest BCUT2D eigenvalue weighted by atomic mass is 16.5. The van der Waals surface area contributed by atoms with Crippen LogP contribution in [0, 0.1) is 0 Å². The smallest absolute Gasteiger partial charge is 0.224 e. The van der Waals surface area contributed by atoms with Crippen LogP contribution in [0.2, 0.25) is 0 Å². The zero-order valence-corrected chi connectivity index (χ0v) is 13.8. The van der Waals surface area contributed by atoms with Gasteiger partial charge in [-0.1, -0.05) is 0 Å². The monoisotopic (exact) mass is 322 g/mol. The van der Waals surface area contributed by atoms with Crippen LogP contribution in [0.5, 0.6) is 0 Å². The Labute approximate surface area is 137 Å². The summed E-state index contributed by atoms with van der Waals surface area (Å²) in [6.45, 7) is 5.60. The second kappa shape index (κ2) is 7.90. The first kappa shape index (κ1) is 16.4. The van der Waals surface area contributed by atoms with Crippen molar-refractivity contribution in [2.24, 2.45) is 0 Å². The summed E-state index contributed by atoms with van der Waals surface area (Å²) in [5, 5.41) is 4.14. The molecule has 0 spiro atoms. The van der Waals surface area contributed by atoms with Crippen molar-refractivity contribution in [1.29, 1.82) is 0 Å². The van der Waals surface area contributed by atoms with E-state index in [2.05, 4.69) is 10.00 Å². The van der Waals surface area contributed by atoms with Crippen LogP contribution in [0.3, 0.4) is 0 Å². The summed E-state index contributed by atoms with van der Waals surface area (Å²) < 4.78 is 12.8. The van der Waals surface area contributed by atoms with Gasteiger partial charge in [0.25, 0.3) is 0 Å². The van der Waals surface area contributed by atoms with Gasteiger partial charge in [0.1, 0.15) is 0 Å². The van der Waals surface area contributed by atoms with E-state index in [1.807, 2.05) is 17.2 Å². The quantitative estimate of drug-likeness (QED) is 0.672. The summed E-state index contributed by atoms with van der Waals surface area (Å²) in [6.07, 6.45) is 5.29. The molecular formula is C16H26N4O3. The van der Waals surface area contributed by atoms with Gasteiger partial charge in [0.15, 0.2) is 0 Å². The fraction of sp³-hybridized carbons (Fsp3) is 0.750. The molecule has 2 aliphatic rings. The molecule has 7 nitrogen and oxygen atoms in total. The third-order valence-corrected chi connectivity index (χ3v) is 4.68. The van der Waals surface area contributed by atoms with Crippen molar-refractivity contribution in [3.05, 3.63) is 18.5 Å². The number of aryl methyl sites for hydroxylation is 1. The van der Waals surface area contributed by atoms with Gasteiger partial charge in [0.2, 0.25) is 5.91 Å². The Morgan fingerprint density at radius 1 is 1.39 bits per heavy atom. The number of methoxy groups -OCH3 is 1. The van der Waals surface area contributed by atoms with Crippen LogP contribution in [0.25, 0.3) is 0 Å². The van der Waals surface area contributed by atoms with E-state index < -0.39 is 0 Å². The number of likely N-dealkylation sites (tertiary alicyclic amines) is 1. The molecule has 3 heterocycles. The fourth-order valence-corrected chi connectivity index (χ4v) is 3.45. The summed E-state index contributed by atoms with van der Waals surface area (Å²) in [7, 11) is 1.73. The van der Waals surface area contributed by atoms with E-state index >= 15 is 0 Å². The molecule has 0 aromatic carbocycles. The Bertz CT molecular complexity index is 494.